The Morgan fingerprint density at radius 1 is 1.41 bits per heavy atom. The molecule has 1 aliphatic rings. The summed E-state index contributed by atoms with van der Waals surface area (Å²) in [6.45, 7) is 1.23. The van der Waals surface area contributed by atoms with E-state index in [0.29, 0.717) is 31.1 Å². The van der Waals surface area contributed by atoms with E-state index in [1.807, 2.05) is 12.1 Å². The first-order valence-corrected chi connectivity index (χ1v) is 6.12. The highest BCUT2D eigenvalue weighted by molar-refractivity contribution is 6.30. The van der Waals surface area contributed by atoms with E-state index in [-0.39, 0.29) is 0 Å². The van der Waals surface area contributed by atoms with Gasteiger partial charge < -0.3 is 14.6 Å². The third-order valence-electron chi connectivity index (χ3n) is 3.41. The molecule has 1 atom stereocenters. The Balaban J connectivity index is 2.24. The van der Waals surface area contributed by atoms with Crippen LogP contribution < -0.4 is 0 Å². The number of methoxy groups -OCH3 is 1. The highest BCUT2D eigenvalue weighted by atomic mass is 35.5. The molecular formula is C13H17ClO3. The van der Waals surface area contributed by atoms with Gasteiger partial charge in [-0.05, 0) is 17.7 Å². The van der Waals surface area contributed by atoms with Gasteiger partial charge in [-0.2, -0.15) is 0 Å². The standard InChI is InChI=1S/C13H17ClO3/c1-16-13(5-7-17-8-6-13)12(15)10-3-2-4-11(14)9-10/h2-4,9,12,15H,5-8H2,1H3. The minimum absolute atomic E-state index is 0.553. The zero-order chi connectivity index (χ0) is 12.3. The van der Waals surface area contributed by atoms with Crippen LogP contribution in [0, 0.1) is 0 Å². The lowest BCUT2D eigenvalue weighted by Gasteiger charge is -2.39. The molecule has 1 N–H and O–H groups in total. The second-order valence-corrected chi connectivity index (χ2v) is 4.78. The molecule has 17 heavy (non-hydrogen) atoms. The van der Waals surface area contributed by atoms with Gasteiger partial charge in [-0.1, -0.05) is 23.7 Å². The third kappa shape index (κ3) is 2.63. The molecule has 1 heterocycles. The largest absolute Gasteiger partial charge is 0.385 e. The summed E-state index contributed by atoms with van der Waals surface area (Å²) in [6.07, 6.45) is 0.712. The van der Waals surface area contributed by atoms with Crippen molar-refractivity contribution in [2.75, 3.05) is 20.3 Å². The smallest absolute Gasteiger partial charge is 0.108 e. The predicted molar refractivity (Wildman–Crippen MR) is 66.2 cm³/mol. The van der Waals surface area contributed by atoms with Crippen molar-refractivity contribution in [1.29, 1.82) is 0 Å². The molecule has 1 aromatic rings. The molecule has 0 amide bonds. The number of hydrogen-bond donors (Lipinski definition) is 1. The summed E-state index contributed by atoms with van der Waals surface area (Å²) in [5.74, 6) is 0. The van der Waals surface area contributed by atoms with Crippen LogP contribution in [0.1, 0.15) is 24.5 Å². The maximum atomic E-state index is 10.5. The summed E-state index contributed by atoms with van der Waals surface area (Å²) in [7, 11) is 1.64. The Morgan fingerprint density at radius 2 is 2.12 bits per heavy atom. The van der Waals surface area contributed by atoms with Crippen LogP contribution in [-0.4, -0.2) is 31.0 Å². The van der Waals surface area contributed by atoms with E-state index in [4.69, 9.17) is 21.1 Å². The van der Waals surface area contributed by atoms with Gasteiger partial charge in [0.1, 0.15) is 11.7 Å². The van der Waals surface area contributed by atoms with Gasteiger partial charge in [-0.3, -0.25) is 0 Å². The van der Waals surface area contributed by atoms with Crippen molar-refractivity contribution in [1.82, 2.24) is 0 Å². The molecule has 1 aliphatic heterocycles. The van der Waals surface area contributed by atoms with Gasteiger partial charge in [0.05, 0.1) is 0 Å². The lowest BCUT2D eigenvalue weighted by molar-refractivity contribution is -0.154. The van der Waals surface area contributed by atoms with Crippen molar-refractivity contribution in [3.8, 4) is 0 Å². The molecule has 0 radical (unpaired) electrons. The van der Waals surface area contributed by atoms with Crippen LogP contribution in [0.15, 0.2) is 24.3 Å². The molecule has 1 fully saturated rings. The minimum Gasteiger partial charge on any atom is -0.385 e. The molecule has 3 nitrogen and oxygen atoms in total. The third-order valence-corrected chi connectivity index (χ3v) is 3.64. The lowest BCUT2D eigenvalue weighted by Crippen LogP contribution is -2.43. The fourth-order valence-corrected chi connectivity index (χ4v) is 2.49. The Morgan fingerprint density at radius 3 is 2.71 bits per heavy atom. The molecule has 0 aliphatic carbocycles. The molecule has 0 spiro atoms. The SMILES string of the molecule is COC1(C(O)c2cccc(Cl)c2)CCOCC1. The average molecular weight is 257 g/mol. The maximum Gasteiger partial charge on any atom is 0.108 e. The van der Waals surface area contributed by atoms with E-state index in [1.54, 1.807) is 19.2 Å². The molecule has 4 heteroatoms. The molecule has 0 saturated carbocycles. The van der Waals surface area contributed by atoms with Gasteiger partial charge in [0.25, 0.3) is 0 Å². The first-order valence-electron chi connectivity index (χ1n) is 5.74. The van der Waals surface area contributed by atoms with Crippen molar-refractivity contribution >= 4 is 11.6 Å². The summed E-state index contributed by atoms with van der Waals surface area (Å²) in [5, 5.41) is 11.1. The normalized spacial score (nSPS) is 21.1. The van der Waals surface area contributed by atoms with Gasteiger partial charge in [0.15, 0.2) is 0 Å². The van der Waals surface area contributed by atoms with Crippen molar-refractivity contribution < 1.29 is 14.6 Å². The molecule has 1 saturated heterocycles. The van der Waals surface area contributed by atoms with E-state index in [0.717, 1.165) is 5.56 Å². The fourth-order valence-electron chi connectivity index (χ4n) is 2.29. The number of halogens is 1. The van der Waals surface area contributed by atoms with Crippen molar-refractivity contribution in [3.05, 3.63) is 34.9 Å². The van der Waals surface area contributed by atoms with E-state index < -0.39 is 11.7 Å². The number of rotatable bonds is 3. The summed E-state index contributed by atoms with van der Waals surface area (Å²) in [5.41, 5.74) is 0.240. The monoisotopic (exact) mass is 256 g/mol. The van der Waals surface area contributed by atoms with Gasteiger partial charge >= 0.3 is 0 Å². The number of aliphatic hydroxyl groups is 1. The summed E-state index contributed by atoms with van der Waals surface area (Å²) in [6, 6.07) is 7.28. The summed E-state index contributed by atoms with van der Waals surface area (Å²) < 4.78 is 10.9. The van der Waals surface area contributed by atoms with Crippen molar-refractivity contribution in [2.24, 2.45) is 0 Å². The van der Waals surface area contributed by atoms with Crippen LogP contribution in [0.4, 0.5) is 0 Å². The van der Waals surface area contributed by atoms with Gasteiger partial charge in [-0.15, -0.1) is 0 Å². The second kappa shape index (κ2) is 5.36. The fraction of sp³-hybridized carbons (Fsp3) is 0.538. The molecule has 0 bridgehead atoms. The van der Waals surface area contributed by atoms with Crippen LogP contribution in [-0.2, 0) is 9.47 Å². The molecule has 1 aromatic carbocycles. The Kier molecular flexibility index (Phi) is 4.05. The van der Waals surface area contributed by atoms with Crippen LogP contribution in [0.3, 0.4) is 0 Å². The summed E-state index contributed by atoms with van der Waals surface area (Å²) in [4.78, 5) is 0. The van der Waals surface area contributed by atoms with E-state index in [2.05, 4.69) is 0 Å². The molecule has 2 rings (SSSR count). The first kappa shape index (κ1) is 12.8. The van der Waals surface area contributed by atoms with Gasteiger partial charge in [0, 0.05) is 38.2 Å². The zero-order valence-electron chi connectivity index (χ0n) is 9.86. The number of ether oxygens (including phenoxy) is 2. The van der Waals surface area contributed by atoms with Crippen LogP contribution in [0.5, 0.6) is 0 Å². The summed E-state index contributed by atoms with van der Waals surface area (Å²) >= 11 is 5.94. The number of benzene rings is 1. The highest BCUT2D eigenvalue weighted by Crippen LogP contribution is 2.37. The average Bonchev–Trinajstić information content (AvgIpc) is 2.38. The topological polar surface area (TPSA) is 38.7 Å². The quantitative estimate of drug-likeness (QED) is 0.903. The second-order valence-electron chi connectivity index (χ2n) is 4.34. The Bertz CT molecular complexity index is 375. The van der Waals surface area contributed by atoms with Crippen LogP contribution in [0.2, 0.25) is 5.02 Å². The van der Waals surface area contributed by atoms with Crippen LogP contribution >= 0.6 is 11.6 Å². The van der Waals surface area contributed by atoms with Gasteiger partial charge in [0.2, 0.25) is 0 Å². The molecule has 94 valence electrons. The lowest BCUT2D eigenvalue weighted by atomic mass is 9.84. The van der Waals surface area contributed by atoms with Gasteiger partial charge in [-0.25, -0.2) is 0 Å². The first-order chi connectivity index (χ1) is 8.18. The van der Waals surface area contributed by atoms with E-state index in [1.165, 1.54) is 0 Å². The number of aliphatic hydroxyl groups excluding tert-OH is 1. The predicted octanol–water partition coefficient (Wildman–Crippen LogP) is 2.57. The number of hydrogen-bond acceptors (Lipinski definition) is 3. The zero-order valence-corrected chi connectivity index (χ0v) is 10.6. The Labute approximate surface area is 106 Å². The maximum absolute atomic E-state index is 10.5. The Hall–Kier alpha value is -0.610. The van der Waals surface area contributed by atoms with Crippen LogP contribution in [0.25, 0.3) is 0 Å². The van der Waals surface area contributed by atoms with E-state index in [9.17, 15) is 5.11 Å². The minimum atomic E-state index is -0.671. The highest BCUT2D eigenvalue weighted by Gasteiger charge is 2.40. The molecule has 1 unspecified atom stereocenters. The van der Waals surface area contributed by atoms with E-state index >= 15 is 0 Å². The van der Waals surface area contributed by atoms with Crippen molar-refractivity contribution in [3.63, 3.8) is 0 Å². The van der Waals surface area contributed by atoms with Crippen molar-refractivity contribution in [2.45, 2.75) is 24.5 Å². The molecule has 0 aromatic heterocycles. The molecular weight excluding hydrogens is 240 g/mol.